The number of nitro benzene ring substituents is 1. The first-order chi connectivity index (χ1) is 8.31. The third kappa shape index (κ3) is 4.46. The topological polar surface area (TPSA) is 86.5 Å². The van der Waals surface area contributed by atoms with Gasteiger partial charge >= 0.3 is 5.69 Å². The first-order valence-electron chi connectivity index (χ1n) is 4.79. The molecule has 1 rings (SSSR count). The van der Waals surface area contributed by atoms with Gasteiger partial charge in [-0.25, -0.2) is 12.8 Å². The Labute approximate surface area is 107 Å². The van der Waals surface area contributed by atoms with E-state index in [0.717, 1.165) is 12.1 Å². The highest BCUT2D eigenvalue weighted by atomic mass is 35.7. The van der Waals surface area contributed by atoms with Crippen LogP contribution in [0.3, 0.4) is 0 Å². The minimum absolute atomic E-state index is 0.0112. The smallest absolute Gasteiger partial charge is 0.314 e. The fourth-order valence-corrected chi connectivity index (χ4v) is 1.98. The molecule has 1 aromatic rings. The fraction of sp³-hybridized carbons (Fsp3) is 0.333. The van der Waals surface area contributed by atoms with Crippen molar-refractivity contribution in [2.45, 2.75) is 6.42 Å². The molecule has 0 aromatic heterocycles. The van der Waals surface area contributed by atoms with Gasteiger partial charge in [-0.05, 0) is 12.5 Å². The number of halogens is 2. The van der Waals surface area contributed by atoms with Gasteiger partial charge < -0.3 is 4.74 Å². The Balaban J connectivity index is 2.70. The predicted octanol–water partition coefficient (Wildman–Crippen LogP) is 2.07. The normalized spacial score (nSPS) is 11.2. The minimum Gasteiger partial charge on any atom is -0.485 e. The van der Waals surface area contributed by atoms with Crippen molar-refractivity contribution in [3.63, 3.8) is 0 Å². The average molecular weight is 298 g/mol. The molecule has 9 heteroatoms. The van der Waals surface area contributed by atoms with Gasteiger partial charge in [0, 0.05) is 16.7 Å². The van der Waals surface area contributed by atoms with E-state index in [0.29, 0.717) is 0 Å². The first kappa shape index (κ1) is 14.7. The summed E-state index contributed by atoms with van der Waals surface area (Å²) in [6.07, 6.45) is 0.0112. The Kier molecular flexibility index (Phi) is 4.85. The van der Waals surface area contributed by atoms with E-state index in [1.807, 2.05) is 0 Å². The highest BCUT2D eigenvalue weighted by Gasteiger charge is 2.19. The molecular formula is C9H9ClFNO5S. The lowest BCUT2D eigenvalue weighted by Gasteiger charge is -2.06. The van der Waals surface area contributed by atoms with Gasteiger partial charge in [0.2, 0.25) is 14.8 Å². The Hall–Kier alpha value is -1.41. The number of nitro groups is 1. The van der Waals surface area contributed by atoms with Crippen molar-refractivity contribution in [3.05, 3.63) is 34.1 Å². The quantitative estimate of drug-likeness (QED) is 0.347. The molecule has 0 bridgehead atoms. The van der Waals surface area contributed by atoms with Crippen LogP contribution in [0, 0.1) is 15.9 Å². The molecule has 1 aromatic carbocycles. The number of para-hydroxylation sites is 1. The van der Waals surface area contributed by atoms with Crippen molar-refractivity contribution >= 4 is 25.4 Å². The number of rotatable bonds is 6. The highest BCUT2D eigenvalue weighted by Crippen LogP contribution is 2.29. The van der Waals surface area contributed by atoms with Crippen LogP contribution in [-0.4, -0.2) is 25.7 Å². The van der Waals surface area contributed by atoms with Gasteiger partial charge in [-0.3, -0.25) is 10.1 Å². The van der Waals surface area contributed by atoms with Crippen molar-refractivity contribution in [3.8, 4) is 5.75 Å². The molecule has 0 N–H and O–H groups in total. The Morgan fingerprint density at radius 1 is 1.44 bits per heavy atom. The molecule has 0 aliphatic heterocycles. The van der Waals surface area contributed by atoms with Crippen LogP contribution in [0.4, 0.5) is 10.1 Å². The van der Waals surface area contributed by atoms with Crippen LogP contribution in [-0.2, 0) is 9.05 Å². The molecule has 0 radical (unpaired) electrons. The molecule has 0 fully saturated rings. The third-order valence-corrected chi connectivity index (χ3v) is 3.16. The van der Waals surface area contributed by atoms with Crippen molar-refractivity contribution in [1.82, 2.24) is 0 Å². The summed E-state index contributed by atoms with van der Waals surface area (Å²) in [5, 5.41) is 10.6. The Bertz CT molecular complexity index is 548. The summed E-state index contributed by atoms with van der Waals surface area (Å²) in [5.74, 6) is -1.73. The summed E-state index contributed by atoms with van der Waals surface area (Å²) in [6, 6.07) is 3.29. The second-order valence-electron chi connectivity index (χ2n) is 3.29. The molecule has 100 valence electrons. The Morgan fingerprint density at radius 3 is 2.67 bits per heavy atom. The molecule has 0 atom stereocenters. The zero-order chi connectivity index (χ0) is 13.8. The Morgan fingerprint density at radius 2 is 2.11 bits per heavy atom. The van der Waals surface area contributed by atoms with Gasteiger partial charge in [0.15, 0.2) is 5.82 Å². The SMILES string of the molecule is O=[N+]([O-])c1cccc(F)c1OCCCS(=O)(=O)Cl. The van der Waals surface area contributed by atoms with Crippen molar-refractivity contribution in [2.24, 2.45) is 0 Å². The van der Waals surface area contributed by atoms with Crippen LogP contribution < -0.4 is 4.74 Å². The van der Waals surface area contributed by atoms with Crippen LogP contribution >= 0.6 is 10.7 Å². The third-order valence-electron chi connectivity index (χ3n) is 1.92. The van der Waals surface area contributed by atoms with Gasteiger partial charge in [0.05, 0.1) is 17.3 Å². The standard InChI is InChI=1S/C9H9ClFNO5S/c10-18(15,16)6-2-5-17-9-7(11)3-1-4-8(9)12(13)14/h1,3-4H,2,5-6H2. The molecule has 0 heterocycles. The van der Waals surface area contributed by atoms with E-state index in [4.69, 9.17) is 15.4 Å². The molecule has 0 aliphatic rings. The van der Waals surface area contributed by atoms with Gasteiger partial charge in [-0.15, -0.1) is 0 Å². The van der Waals surface area contributed by atoms with Crippen molar-refractivity contribution in [2.75, 3.05) is 12.4 Å². The van der Waals surface area contributed by atoms with E-state index in [1.165, 1.54) is 6.07 Å². The summed E-state index contributed by atoms with van der Waals surface area (Å²) < 4.78 is 39.4. The molecule has 0 saturated heterocycles. The lowest BCUT2D eigenvalue weighted by molar-refractivity contribution is -0.386. The second-order valence-corrected chi connectivity index (χ2v) is 6.19. The number of ether oxygens (including phenoxy) is 1. The average Bonchev–Trinajstić information content (AvgIpc) is 2.24. The van der Waals surface area contributed by atoms with Crippen LogP contribution in [0.25, 0.3) is 0 Å². The van der Waals surface area contributed by atoms with Crippen LogP contribution in [0.1, 0.15) is 6.42 Å². The maximum Gasteiger partial charge on any atom is 0.314 e. The monoisotopic (exact) mass is 297 g/mol. The van der Waals surface area contributed by atoms with E-state index in [-0.39, 0.29) is 18.8 Å². The molecule has 18 heavy (non-hydrogen) atoms. The molecule has 0 spiro atoms. The van der Waals surface area contributed by atoms with E-state index < -0.39 is 31.2 Å². The zero-order valence-electron chi connectivity index (χ0n) is 9.01. The molecule has 0 unspecified atom stereocenters. The fourth-order valence-electron chi connectivity index (χ4n) is 1.19. The number of nitrogens with zero attached hydrogens (tertiary/aromatic N) is 1. The van der Waals surface area contributed by atoms with Crippen LogP contribution in [0.15, 0.2) is 18.2 Å². The molecule has 0 amide bonds. The van der Waals surface area contributed by atoms with E-state index in [1.54, 1.807) is 0 Å². The number of benzene rings is 1. The lowest BCUT2D eigenvalue weighted by atomic mass is 10.3. The van der Waals surface area contributed by atoms with Crippen LogP contribution in [0.2, 0.25) is 0 Å². The van der Waals surface area contributed by atoms with Gasteiger partial charge in [0.1, 0.15) is 0 Å². The van der Waals surface area contributed by atoms with Crippen molar-refractivity contribution in [1.29, 1.82) is 0 Å². The molecule has 6 nitrogen and oxygen atoms in total. The van der Waals surface area contributed by atoms with E-state index >= 15 is 0 Å². The molecular weight excluding hydrogens is 289 g/mol. The second kappa shape index (κ2) is 5.96. The minimum atomic E-state index is -3.65. The highest BCUT2D eigenvalue weighted by molar-refractivity contribution is 8.13. The summed E-state index contributed by atoms with van der Waals surface area (Å²) in [7, 11) is 1.31. The van der Waals surface area contributed by atoms with Gasteiger partial charge in [0.25, 0.3) is 0 Å². The predicted molar refractivity (Wildman–Crippen MR) is 62.8 cm³/mol. The zero-order valence-corrected chi connectivity index (χ0v) is 10.6. The van der Waals surface area contributed by atoms with E-state index in [2.05, 4.69) is 0 Å². The van der Waals surface area contributed by atoms with E-state index in [9.17, 15) is 22.9 Å². The lowest BCUT2D eigenvalue weighted by Crippen LogP contribution is -2.07. The summed E-state index contributed by atoms with van der Waals surface area (Å²) >= 11 is 0. The molecule has 0 aliphatic carbocycles. The maximum atomic E-state index is 13.3. The van der Waals surface area contributed by atoms with Gasteiger partial charge in [-0.2, -0.15) is 0 Å². The first-order valence-corrected chi connectivity index (χ1v) is 7.27. The van der Waals surface area contributed by atoms with Crippen LogP contribution in [0.5, 0.6) is 5.75 Å². The molecule has 0 saturated carbocycles. The number of hydrogen-bond acceptors (Lipinski definition) is 5. The summed E-state index contributed by atoms with van der Waals surface area (Å²) in [5.41, 5.74) is -0.510. The van der Waals surface area contributed by atoms with Crippen molar-refractivity contribution < 1.29 is 22.5 Å². The van der Waals surface area contributed by atoms with Gasteiger partial charge in [-0.1, -0.05) is 6.07 Å². The summed E-state index contributed by atoms with van der Waals surface area (Å²) in [4.78, 5) is 9.83. The summed E-state index contributed by atoms with van der Waals surface area (Å²) in [6.45, 7) is -0.187. The maximum absolute atomic E-state index is 13.3. The number of hydrogen-bond donors (Lipinski definition) is 0. The largest absolute Gasteiger partial charge is 0.485 e.